The topological polar surface area (TPSA) is 38.8 Å². The Hall–Kier alpha value is 0.130. The molecule has 4 rings (SSSR count). The van der Waals surface area contributed by atoms with E-state index in [-0.39, 0.29) is 39.4 Å². The number of hydrogen-bond acceptors (Lipinski definition) is 3. The Morgan fingerprint density at radius 1 is 1.40 bits per heavy atom. The van der Waals surface area contributed by atoms with Crippen LogP contribution in [0.25, 0.3) is 0 Å². The van der Waals surface area contributed by atoms with Crippen molar-refractivity contribution in [2.24, 2.45) is 11.8 Å². The molecule has 5 heteroatoms. The minimum Gasteiger partial charge on any atom is -0.458 e. The lowest BCUT2D eigenvalue weighted by atomic mass is 9.77. The van der Waals surface area contributed by atoms with Gasteiger partial charge in [-0.05, 0) is 33.1 Å². The number of alkyl halides is 2. The van der Waals surface area contributed by atoms with Gasteiger partial charge >= 0.3 is 5.97 Å². The van der Waals surface area contributed by atoms with Crippen LogP contribution in [0.4, 0.5) is 0 Å². The molecule has 3 nitrogen and oxygen atoms in total. The second-order valence-electron chi connectivity index (χ2n) is 7.06. The highest BCUT2D eigenvalue weighted by Gasteiger charge is 2.81. The Balaban J connectivity index is 1.83. The van der Waals surface area contributed by atoms with E-state index in [1.165, 1.54) is 0 Å². The van der Waals surface area contributed by atoms with Crippen molar-refractivity contribution in [3.05, 3.63) is 12.2 Å². The largest absolute Gasteiger partial charge is 0.458 e. The zero-order chi connectivity index (χ0) is 14.5. The summed E-state index contributed by atoms with van der Waals surface area (Å²) in [7, 11) is 0. The van der Waals surface area contributed by atoms with E-state index in [1.54, 1.807) is 0 Å². The zero-order valence-electron chi connectivity index (χ0n) is 11.6. The lowest BCUT2D eigenvalue weighted by molar-refractivity contribution is -0.142. The van der Waals surface area contributed by atoms with E-state index in [0.29, 0.717) is 10.4 Å². The molecule has 4 aliphatic rings. The Labute approximate surface area is 135 Å². The standard InChI is InChI=1S/C15H18Br2O3/c1-7-8-4-5-13(2)15(20-13)6-9(16)14(3,17)11(15)10(8)19-12(7)18/h8-11H,1,4-6H2,2-3H3. The van der Waals surface area contributed by atoms with E-state index in [0.717, 1.165) is 19.3 Å². The van der Waals surface area contributed by atoms with Gasteiger partial charge in [-0.2, -0.15) is 0 Å². The summed E-state index contributed by atoms with van der Waals surface area (Å²) >= 11 is 7.70. The molecule has 2 aliphatic heterocycles. The number of halogens is 2. The average molecular weight is 406 g/mol. The van der Waals surface area contributed by atoms with Crippen LogP contribution in [0, 0.1) is 11.8 Å². The molecule has 7 unspecified atom stereocenters. The van der Waals surface area contributed by atoms with Crippen molar-refractivity contribution < 1.29 is 14.3 Å². The van der Waals surface area contributed by atoms with Crippen molar-refractivity contribution in [2.75, 3.05) is 0 Å². The van der Waals surface area contributed by atoms with Gasteiger partial charge in [-0.15, -0.1) is 0 Å². The molecule has 0 aromatic rings. The Bertz CT molecular complexity index is 531. The van der Waals surface area contributed by atoms with Crippen molar-refractivity contribution in [2.45, 2.75) is 59.6 Å². The first kappa shape index (κ1) is 13.8. The first-order valence-electron chi connectivity index (χ1n) is 7.16. The van der Waals surface area contributed by atoms with Gasteiger partial charge in [0.05, 0.1) is 5.60 Å². The Morgan fingerprint density at radius 3 is 2.80 bits per heavy atom. The molecule has 4 fully saturated rings. The first-order chi connectivity index (χ1) is 9.23. The van der Waals surface area contributed by atoms with Crippen LogP contribution in [0.15, 0.2) is 12.2 Å². The van der Waals surface area contributed by atoms with Crippen LogP contribution in [0.1, 0.15) is 33.1 Å². The SMILES string of the molecule is C=C1C(=O)OC2C1CCC1(C)OC13CC(Br)C(C)(Br)C23. The smallest absolute Gasteiger partial charge is 0.334 e. The molecule has 2 heterocycles. The number of esters is 1. The molecule has 0 aromatic carbocycles. The third kappa shape index (κ3) is 1.38. The minimum absolute atomic E-state index is 0.0771. The fourth-order valence-electron chi connectivity index (χ4n) is 4.82. The third-order valence-electron chi connectivity index (χ3n) is 6.08. The molecule has 1 spiro atoms. The Kier molecular flexibility index (Phi) is 2.56. The van der Waals surface area contributed by atoms with Gasteiger partial charge in [-0.25, -0.2) is 4.79 Å². The molecule has 0 radical (unpaired) electrons. The van der Waals surface area contributed by atoms with Crippen molar-refractivity contribution >= 4 is 37.8 Å². The minimum atomic E-state index is -0.222. The van der Waals surface area contributed by atoms with Gasteiger partial charge in [0.2, 0.25) is 0 Å². The summed E-state index contributed by atoms with van der Waals surface area (Å²) < 4.78 is 11.8. The molecule has 2 saturated heterocycles. The highest BCUT2D eigenvalue weighted by molar-refractivity contribution is 9.12. The molecule has 110 valence electrons. The summed E-state index contributed by atoms with van der Waals surface area (Å²) in [6, 6.07) is 0. The number of epoxide rings is 1. The normalized spacial score (nSPS) is 60.4. The second kappa shape index (κ2) is 3.72. The van der Waals surface area contributed by atoms with Crippen molar-refractivity contribution in [1.29, 1.82) is 0 Å². The van der Waals surface area contributed by atoms with Crippen LogP contribution < -0.4 is 0 Å². The summed E-state index contributed by atoms with van der Waals surface area (Å²) in [5, 5.41) is 0. The maximum Gasteiger partial charge on any atom is 0.334 e. The Morgan fingerprint density at radius 2 is 2.10 bits per heavy atom. The van der Waals surface area contributed by atoms with E-state index < -0.39 is 0 Å². The number of rotatable bonds is 0. The van der Waals surface area contributed by atoms with Gasteiger partial charge in [0, 0.05) is 26.6 Å². The summed E-state index contributed by atoms with van der Waals surface area (Å²) in [6.07, 6.45) is 2.76. The van der Waals surface area contributed by atoms with Gasteiger partial charge in [-0.1, -0.05) is 38.4 Å². The lowest BCUT2D eigenvalue weighted by Crippen LogP contribution is -2.45. The summed E-state index contributed by atoms with van der Waals surface area (Å²) in [5.74, 6) is 0.0908. The average Bonchev–Trinajstić information content (AvgIpc) is 2.75. The van der Waals surface area contributed by atoms with E-state index in [4.69, 9.17) is 9.47 Å². The van der Waals surface area contributed by atoms with Gasteiger partial charge in [0.15, 0.2) is 0 Å². The maximum absolute atomic E-state index is 11.9. The maximum atomic E-state index is 11.9. The van der Waals surface area contributed by atoms with Crippen LogP contribution in [0.2, 0.25) is 0 Å². The number of carbonyl (C=O) groups excluding carboxylic acids is 1. The summed E-state index contributed by atoms with van der Waals surface area (Å²) in [5.41, 5.74) is 0.409. The molecule has 0 amide bonds. The van der Waals surface area contributed by atoms with Crippen LogP contribution in [0.5, 0.6) is 0 Å². The molecule has 20 heavy (non-hydrogen) atoms. The second-order valence-corrected chi connectivity index (χ2v) is 9.88. The van der Waals surface area contributed by atoms with Gasteiger partial charge in [0.25, 0.3) is 0 Å². The number of hydrogen-bond donors (Lipinski definition) is 0. The van der Waals surface area contributed by atoms with Gasteiger partial charge in [-0.3, -0.25) is 0 Å². The summed E-state index contributed by atoms with van der Waals surface area (Å²) in [6.45, 7) is 8.35. The fraction of sp³-hybridized carbons (Fsp3) is 0.800. The van der Waals surface area contributed by atoms with Crippen LogP contribution >= 0.6 is 31.9 Å². The predicted octanol–water partition coefficient (Wildman–Crippen LogP) is 3.34. The van der Waals surface area contributed by atoms with Crippen LogP contribution in [-0.2, 0) is 14.3 Å². The number of carbonyl (C=O) groups is 1. The van der Waals surface area contributed by atoms with Crippen molar-refractivity contribution in [1.82, 2.24) is 0 Å². The molecular formula is C15H18Br2O3. The van der Waals surface area contributed by atoms with Gasteiger partial charge in [0.1, 0.15) is 11.7 Å². The number of fused-ring (bicyclic) bond motifs is 2. The third-order valence-corrected chi connectivity index (χ3v) is 9.01. The van der Waals surface area contributed by atoms with E-state index in [2.05, 4.69) is 52.3 Å². The summed E-state index contributed by atoms with van der Waals surface area (Å²) in [4.78, 5) is 12.3. The molecule has 0 N–H and O–H groups in total. The first-order valence-corrected chi connectivity index (χ1v) is 8.87. The molecule has 0 bridgehead atoms. The van der Waals surface area contributed by atoms with E-state index in [1.807, 2.05) is 0 Å². The highest BCUT2D eigenvalue weighted by Crippen LogP contribution is 2.72. The molecule has 0 aromatic heterocycles. The van der Waals surface area contributed by atoms with Crippen LogP contribution in [-0.4, -0.2) is 32.4 Å². The van der Waals surface area contributed by atoms with Crippen LogP contribution in [0.3, 0.4) is 0 Å². The van der Waals surface area contributed by atoms with Crippen molar-refractivity contribution in [3.8, 4) is 0 Å². The van der Waals surface area contributed by atoms with E-state index >= 15 is 0 Å². The monoisotopic (exact) mass is 404 g/mol. The quantitative estimate of drug-likeness (QED) is 0.268. The molecule has 2 aliphatic carbocycles. The predicted molar refractivity (Wildman–Crippen MR) is 82.1 cm³/mol. The van der Waals surface area contributed by atoms with Gasteiger partial charge < -0.3 is 9.47 Å². The lowest BCUT2D eigenvalue weighted by Gasteiger charge is -2.34. The molecular weight excluding hydrogens is 388 g/mol. The van der Waals surface area contributed by atoms with Crippen molar-refractivity contribution in [3.63, 3.8) is 0 Å². The molecule has 7 atom stereocenters. The molecule has 2 saturated carbocycles. The number of ether oxygens (including phenoxy) is 2. The highest BCUT2D eigenvalue weighted by atomic mass is 79.9. The fourth-order valence-corrected chi connectivity index (χ4v) is 6.38. The zero-order valence-corrected chi connectivity index (χ0v) is 14.8. The van der Waals surface area contributed by atoms with E-state index in [9.17, 15) is 4.79 Å².